The van der Waals surface area contributed by atoms with Gasteiger partial charge in [-0.1, -0.05) is 176 Å². The maximum Gasteiger partial charge on any atom is 0.0714 e. The Morgan fingerprint density at radius 2 is 0.912 bits per heavy atom. The lowest BCUT2D eigenvalue weighted by Gasteiger charge is -2.35. The zero-order valence-electron chi connectivity index (χ0n) is 31.3. The van der Waals surface area contributed by atoms with Crippen LogP contribution in [0.4, 0.5) is 17.1 Å². The lowest BCUT2D eigenvalue weighted by molar-refractivity contribution is 0.768. The lowest BCUT2D eigenvalue weighted by atomic mass is 9.67. The van der Waals surface area contributed by atoms with Crippen molar-refractivity contribution < 1.29 is 0 Å². The fraction of sp³-hybridized carbons (Fsp3) is 0.0182. The van der Waals surface area contributed by atoms with E-state index in [9.17, 15) is 0 Å². The minimum Gasteiger partial charge on any atom is -0.310 e. The van der Waals surface area contributed by atoms with Crippen LogP contribution in [0.15, 0.2) is 231 Å². The second-order valence-corrected chi connectivity index (χ2v) is 14.9. The highest BCUT2D eigenvalue weighted by molar-refractivity contribution is 6.17. The van der Waals surface area contributed by atoms with E-state index in [-0.39, 0.29) is 0 Å². The van der Waals surface area contributed by atoms with Crippen molar-refractivity contribution >= 4 is 38.9 Å². The van der Waals surface area contributed by atoms with Gasteiger partial charge in [-0.25, -0.2) is 0 Å². The summed E-state index contributed by atoms with van der Waals surface area (Å²) in [4.78, 5) is 2.45. The molecule has 1 heterocycles. The van der Waals surface area contributed by atoms with Crippen molar-refractivity contribution in [2.45, 2.75) is 5.41 Å². The molecular weight excluding hydrogens is 689 g/mol. The highest BCUT2D eigenvalue weighted by Crippen LogP contribution is 2.57. The summed E-state index contributed by atoms with van der Waals surface area (Å²) in [5.41, 5.74) is 16.3. The molecule has 9 aromatic carbocycles. The Hall–Kier alpha value is -7.42. The van der Waals surface area contributed by atoms with E-state index in [1.54, 1.807) is 0 Å². The van der Waals surface area contributed by atoms with E-state index in [1.807, 2.05) is 0 Å². The molecule has 0 saturated carbocycles. The zero-order chi connectivity index (χ0) is 37.8. The van der Waals surface area contributed by atoms with Gasteiger partial charge in [0.05, 0.1) is 16.4 Å². The highest BCUT2D eigenvalue weighted by atomic mass is 15.1. The molecule has 1 aliphatic carbocycles. The minimum absolute atomic E-state index is 0.508. The molecule has 2 heteroatoms. The smallest absolute Gasteiger partial charge is 0.0714 e. The molecule has 2 nitrogen and oxygen atoms in total. The molecule has 57 heavy (non-hydrogen) atoms. The van der Waals surface area contributed by atoms with Crippen LogP contribution in [0, 0.1) is 0 Å². The first-order chi connectivity index (χ1) is 28.3. The molecule has 0 amide bonds. The van der Waals surface area contributed by atoms with Crippen LogP contribution in [0.1, 0.15) is 22.3 Å². The van der Waals surface area contributed by atoms with E-state index in [1.165, 1.54) is 60.8 Å². The highest BCUT2D eigenvalue weighted by Gasteiger charge is 2.46. The van der Waals surface area contributed by atoms with Crippen molar-refractivity contribution in [2.24, 2.45) is 0 Å². The maximum absolute atomic E-state index is 2.46. The molecule has 0 spiro atoms. The Morgan fingerprint density at radius 3 is 1.61 bits per heavy atom. The first kappa shape index (κ1) is 33.0. The predicted octanol–water partition coefficient (Wildman–Crippen LogP) is 14.3. The molecule has 1 aromatic heterocycles. The Kier molecular flexibility index (Phi) is 7.75. The number of fused-ring (bicyclic) bond motifs is 6. The van der Waals surface area contributed by atoms with E-state index in [0.717, 1.165) is 28.3 Å². The monoisotopic (exact) mass is 726 g/mol. The van der Waals surface area contributed by atoms with Gasteiger partial charge in [0.25, 0.3) is 0 Å². The van der Waals surface area contributed by atoms with Gasteiger partial charge in [-0.2, -0.15) is 0 Å². The van der Waals surface area contributed by atoms with Crippen LogP contribution in [-0.2, 0) is 5.41 Å². The Balaban J connectivity index is 1.23. The Labute approximate surface area is 333 Å². The van der Waals surface area contributed by atoms with Crippen LogP contribution in [0.25, 0.3) is 49.7 Å². The number of nitrogens with zero attached hydrogens (tertiary/aromatic N) is 2. The first-order valence-electron chi connectivity index (χ1n) is 19.7. The number of para-hydroxylation sites is 3. The van der Waals surface area contributed by atoms with Gasteiger partial charge in [0.15, 0.2) is 0 Å². The molecule has 0 N–H and O–H groups in total. The summed E-state index contributed by atoms with van der Waals surface area (Å²) < 4.78 is 2.43. The maximum atomic E-state index is 2.46. The van der Waals surface area contributed by atoms with Gasteiger partial charge in [-0.15, -0.1) is 0 Å². The van der Waals surface area contributed by atoms with Gasteiger partial charge in [0, 0.05) is 33.5 Å². The van der Waals surface area contributed by atoms with E-state index < -0.39 is 5.41 Å². The summed E-state index contributed by atoms with van der Waals surface area (Å²) in [5, 5.41) is 2.48. The molecule has 10 aromatic rings. The van der Waals surface area contributed by atoms with Crippen molar-refractivity contribution in [1.82, 2.24) is 4.57 Å². The Bertz CT molecular complexity index is 3000. The van der Waals surface area contributed by atoms with Crippen LogP contribution >= 0.6 is 0 Å². The topological polar surface area (TPSA) is 8.17 Å². The number of hydrogen-bond donors (Lipinski definition) is 0. The number of anilines is 3. The SMILES string of the molecule is c1ccc(-c2cc(N(c3ccccc3)c3ccc4c(c3)C(c3ccccc3)(c3ccccc3)c3ccccc3-4)cc3c2c2ccccc2n3-c2ccccc2)cc1. The number of aromatic nitrogens is 1. The van der Waals surface area contributed by atoms with E-state index in [4.69, 9.17) is 0 Å². The van der Waals surface area contributed by atoms with Crippen LogP contribution in [-0.4, -0.2) is 4.57 Å². The molecule has 1 aliphatic rings. The van der Waals surface area contributed by atoms with Crippen LogP contribution < -0.4 is 4.90 Å². The third-order valence-corrected chi connectivity index (χ3v) is 11.8. The van der Waals surface area contributed by atoms with E-state index in [2.05, 4.69) is 240 Å². The van der Waals surface area contributed by atoms with Crippen molar-refractivity contribution in [1.29, 1.82) is 0 Å². The van der Waals surface area contributed by atoms with Crippen molar-refractivity contribution in [3.8, 4) is 27.9 Å². The largest absolute Gasteiger partial charge is 0.310 e. The molecule has 268 valence electrons. The molecule has 0 radical (unpaired) electrons. The summed E-state index contributed by atoms with van der Waals surface area (Å²) in [7, 11) is 0. The molecule has 0 aliphatic heterocycles. The fourth-order valence-corrected chi connectivity index (χ4v) is 9.51. The average molecular weight is 727 g/mol. The van der Waals surface area contributed by atoms with Crippen molar-refractivity contribution in [3.05, 3.63) is 253 Å². The third-order valence-electron chi connectivity index (χ3n) is 11.8. The lowest BCUT2D eigenvalue weighted by Crippen LogP contribution is -2.28. The molecule has 0 atom stereocenters. The quantitative estimate of drug-likeness (QED) is 0.159. The van der Waals surface area contributed by atoms with Crippen molar-refractivity contribution in [2.75, 3.05) is 4.90 Å². The molecule has 0 bridgehead atoms. The fourth-order valence-electron chi connectivity index (χ4n) is 9.51. The van der Waals surface area contributed by atoms with Crippen LogP contribution in [0.5, 0.6) is 0 Å². The van der Waals surface area contributed by atoms with Gasteiger partial charge < -0.3 is 9.47 Å². The zero-order valence-corrected chi connectivity index (χ0v) is 31.3. The van der Waals surface area contributed by atoms with Gasteiger partial charge in [-0.05, 0) is 99.1 Å². The second kappa shape index (κ2) is 13.4. The summed E-state index contributed by atoms with van der Waals surface area (Å²) >= 11 is 0. The van der Waals surface area contributed by atoms with E-state index >= 15 is 0 Å². The molecule has 0 unspecified atom stereocenters. The van der Waals surface area contributed by atoms with Gasteiger partial charge in [0.1, 0.15) is 0 Å². The second-order valence-electron chi connectivity index (χ2n) is 14.9. The summed E-state index contributed by atoms with van der Waals surface area (Å²) in [5.74, 6) is 0. The first-order valence-corrected chi connectivity index (χ1v) is 19.7. The van der Waals surface area contributed by atoms with Gasteiger partial charge in [-0.3, -0.25) is 0 Å². The summed E-state index contributed by atoms with van der Waals surface area (Å²) in [6, 6.07) is 84.3. The summed E-state index contributed by atoms with van der Waals surface area (Å²) in [6.07, 6.45) is 0. The van der Waals surface area contributed by atoms with Crippen LogP contribution in [0.3, 0.4) is 0 Å². The number of rotatable bonds is 7. The van der Waals surface area contributed by atoms with E-state index in [0.29, 0.717) is 0 Å². The van der Waals surface area contributed by atoms with Gasteiger partial charge in [0.2, 0.25) is 0 Å². The molecule has 0 saturated heterocycles. The third kappa shape index (κ3) is 5.11. The minimum atomic E-state index is -0.508. The van der Waals surface area contributed by atoms with Gasteiger partial charge >= 0.3 is 0 Å². The summed E-state index contributed by atoms with van der Waals surface area (Å²) in [6.45, 7) is 0. The molecule has 11 rings (SSSR count). The normalized spacial score (nSPS) is 12.7. The molecular formula is C55H38N2. The predicted molar refractivity (Wildman–Crippen MR) is 238 cm³/mol. The Morgan fingerprint density at radius 1 is 0.351 bits per heavy atom. The average Bonchev–Trinajstić information content (AvgIpc) is 3.78. The standard InChI is InChI=1S/C55H38N2/c1-6-20-39(21-7-1)49-36-45(38-53-54(49)48-31-17-19-33-52(48)57(53)43-28-14-5-15-29-43)56(42-26-12-4-13-27-42)44-34-35-47-46-30-16-18-32-50(46)55(51(47)37-44,40-22-8-2-9-23-40)41-24-10-3-11-25-41/h1-38H. The number of hydrogen-bond acceptors (Lipinski definition) is 1. The van der Waals surface area contributed by atoms with Crippen molar-refractivity contribution in [3.63, 3.8) is 0 Å². The van der Waals surface area contributed by atoms with Crippen LogP contribution in [0.2, 0.25) is 0 Å². The molecule has 0 fully saturated rings. The number of benzene rings is 9.